The summed E-state index contributed by atoms with van der Waals surface area (Å²) < 4.78 is 8.79. The number of nitrogens with zero attached hydrogens (tertiary/aromatic N) is 5. The Balaban J connectivity index is 0.00000450. The smallest absolute Gasteiger partial charge is 0.131 e. The largest absolute Gasteiger partial charge is 0.509 e. The van der Waals surface area contributed by atoms with Crippen LogP contribution >= 0.6 is 0 Å². The molecule has 0 amide bonds. The molecule has 0 fully saturated rings. The number of hydrogen-bond donors (Lipinski definition) is 0. The van der Waals surface area contributed by atoms with Gasteiger partial charge in [0.25, 0.3) is 0 Å². The molecule has 0 radical (unpaired) electrons. The van der Waals surface area contributed by atoms with Crippen molar-refractivity contribution in [2.45, 2.75) is 79.6 Å². The molecule has 0 bridgehead atoms. The monoisotopic (exact) mass is 893 g/mol. The number of allylic oxidation sites excluding steroid dienone is 1. The Morgan fingerprint density at radius 3 is 2.17 bits per heavy atom. The number of ether oxygens (including phenoxy) is 1. The van der Waals surface area contributed by atoms with E-state index >= 15 is 0 Å². The average molecular weight is 894 g/mol. The van der Waals surface area contributed by atoms with E-state index in [4.69, 9.17) is 14.7 Å². The molecular weight excluding hydrogens is 846 g/mol. The van der Waals surface area contributed by atoms with Crippen LogP contribution in [0, 0.1) is 30.1 Å². The molecule has 0 aliphatic carbocycles. The van der Waals surface area contributed by atoms with Crippen molar-refractivity contribution in [3.05, 3.63) is 127 Å². The van der Waals surface area contributed by atoms with Gasteiger partial charge < -0.3 is 19.1 Å². The Morgan fingerprint density at radius 1 is 0.741 bits per heavy atom. The van der Waals surface area contributed by atoms with E-state index in [1.54, 1.807) is 0 Å². The second kappa shape index (κ2) is 13.9. The van der Waals surface area contributed by atoms with Crippen LogP contribution in [0.15, 0.2) is 102 Å². The van der Waals surface area contributed by atoms with Crippen molar-refractivity contribution in [3.8, 4) is 11.5 Å². The first-order valence-electron chi connectivity index (χ1n) is 18.6. The van der Waals surface area contributed by atoms with Crippen LogP contribution < -0.4 is 14.5 Å². The van der Waals surface area contributed by atoms with E-state index in [0.29, 0.717) is 17.4 Å². The molecule has 0 saturated heterocycles. The quantitative estimate of drug-likeness (QED) is 0.162. The molecular formula is C47H48N5OPt-3. The summed E-state index contributed by atoms with van der Waals surface area (Å²) in [5.41, 5.74) is 7.46. The molecule has 6 aromatic rings. The van der Waals surface area contributed by atoms with Crippen molar-refractivity contribution in [1.82, 2.24) is 9.55 Å². The van der Waals surface area contributed by atoms with E-state index in [1.807, 2.05) is 24.4 Å². The normalized spacial score (nSPS) is 16.1. The molecule has 1 atom stereocenters. The SMILES string of the molecule is CC(C)(C)c1cnc(N2[CH-]N(c3[c-]c(Oc4[c-]c5c(cc4)c4ccccc4n5C4=CC(C(C)(C)C)CC=N4)ccc3)c3ccccc32)c(C(C)(C)C)c1.[Pt]. The molecule has 6 nitrogen and oxygen atoms in total. The first kappa shape index (κ1) is 37.6. The van der Waals surface area contributed by atoms with E-state index < -0.39 is 0 Å². The van der Waals surface area contributed by atoms with Gasteiger partial charge in [0, 0.05) is 61.9 Å². The molecule has 1 unspecified atom stereocenters. The Bertz CT molecular complexity index is 2420. The number of hydrogen-bond acceptors (Lipinski definition) is 5. The van der Waals surface area contributed by atoms with E-state index in [-0.39, 0.29) is 37.3 Å². The van der Waals surface area contributed by atoms with Crippen LogP contribution in [0.1, 0.15) is 79.9 Å². The summed E-state index contributed by atoms with van der Waals surface area (Å²) in [6.07, 6.45) is 7.33. The molecule has 0 spiro atoms. The van der Waals surface area contributed by atoms with Gasteiger partial charge in [0.15, 0.2) is 0 Å². The Hall–Kier alpha value is -4.67. The van der Waals surface area contributed by atoms with Crippen molar-refractivity contribution in [1.29, 1.82) is 0 Å². The zero-order valence-electron chi connectivity index (χ0n) is 32.6. The standard InChI is InChI=1S/C47H48N5O.Pt/c1-45(2,3)31-23-24-48-43(26-31)52-39-18-11-10-17-36(39)37-22-21-35(28-42(37)52)53-34-16-14-15-33(27-34)50-30-51(41-20-13-12-19-40(41)50)44-38(47(7,8)9)25-32(29-49-44)46(4,5)6;/h10-22,24-26,29-31H,23H2,1-9H3;/q-3;. The first-order valence-corrected chi connectivity index (χ1v) is 18.6. The zero-order chi connectivity index (χ0) is 37.3. The van der Waals surface area contributed by atoms with E-state index in [9.17, 15) is 0 Å². The molecule has 0 saturated carbocycles. The minimum atomic E-state index is -0.114. The second-order valence-corrected chi connectivity index (χ2v) is 17.4. The molecule has 2 aliphatic heterocycles. The summed E-state index contributed by atoms with van der Waals surface area (Å²) >= 11 is 0. The molecule has 8 rings (SSSR count). The number of aliphatic imine (C=N–C) groups is 1. The van der Waals surface area contributed by atoms with Crippen molar-refractivity contribution in [2.75, 3.05) is 9.80 Å². The number of aromatic nitrogens is 2. The third-order valence-corrected chi connectivity index (χ3v) is 10.5. The summed E-state index contributed by atoms with van der Waals surface area (Å²) in [5.74, 6) is 3.46. The minimum Gasteiger partial charge on any atom is -0.509 e. The summed E-state index contributed by atoms with van der Waals surface area (Å²) in [5, 5.41) is 2.28. The van der Waals surface area contributed by atoms with Crippen molar-refractivity contribution in [2.24, 2.45) is 16.3 Å². The molecule has 280 valence electrons. The third kappa shape index (κ3) is 6.90. The van der Waals surface area contributed by atoms with Crippen LogP contribution in [-0.2, 0) is 31.9 Å². The van der Waals surface area contributed by atoms with Gasteiger partial charge in [-0.2, -0.15) is 12.1 Å². The van der Waals surface area contributed by atoms with Crippen LogP contribution in [0.3, 0.4) is 0 Å². The number of anilines is 4. The van der Waals surface area contributed by atoms with Gasteiger partial charge in [-0.15, -0.1) is 48.1 Å². The van der Waals surface area contributed by atoms with Crippen molar-refractivity contribution in [3.63, 3.8) is 0 Å². The molecule has 0 N–H and O–H groups in total. The number of para-hydroxylation sites is 3. The van der Waals surface area contributed by atoms with Gasteiger partial charge in [-0.3, -0.25) is 0 Å². The van der Waals surface area contributed by atoms with Crippen LogP contribution in [0.5, 0.6) is 11.5 Å². The predicted octanol–water partition coefficient (Wildman–Crippen LogP) is 12.5. The molecule has 54 heavy (non-hydrogen) atoms. The molecule has 2 aliphatic rings. The fourth-order valence-electron chi connectivity index (χ4n) is 7.30. The maximum Gasteiger partial charge on any atom is 0.131 e. The maximum atomic E-state index is 6.56. The van der Waals surface area contributed by atoms with Gasteiger partial charge in [0.1, 0.15) is 11.6 Å². The number of rotatable bonds is 5. The van der Waals surface area contributed by atoms with E-state index in [2.05, 4.69) is 175 Å². The fourth-order valence-corrected chi connectivity index (χ4v) is 7.30. The van der Waals surface area contributed by atoms with Crippen LogP contribution in [-0.4, -0.2) is 15.8 Å². The summed E-state index contributed by atoms with van der Waals surface area (Å²) in [7, 11) is 0. The second-order valence-electron chi connectivity index (χ2n) is 17.4. The van der Waals surface area contributed by atoms with Crippen molar-refractivity contribution >= 4 is 56.7 Å². The number of benzene rings is 4. The van der Waals surface area contributed by atoms with Crippen LogP contribution in [0.2, 0.25) is 0 Å². The Morgan fingerprint density at radius 2 is 1.44 bits per heavy atom. The molecule has 4 aromatic carbocycles. The zero-order valence-corrected chi connectivity index (χ0v) is 34.9. The first-order chi connectivity index (χ1) is 25.2. The van der Waals surface area contributed by atoms with Gasteiger partial charge >= 0.3 is 0 Å². The minimum absolute atomic E-state index is 0. The average Bonchev–Trinajstić information content (AvgIpc) is 3.66. The van der Waals surface area contributed by atoms with Crippen molar-refractivity contribution < 1.29 is 25.8 Å². The van der Waals surface area contributed by atoms with Crippen LogP contribution in [0.25, 0.3) is 27.6 Å². The maximum absolute atomic E-state index is 6.56. The van der Waals surface area contributed by atoms with Gasteiger partial charge in [0.05, 0.1) is 0 Å². The summed E-state index contributed by atoms with van der Waals surface area (Å²) in [6, 6.07) is 36.6. The van der Waals surface area contributed by atoms with Crippen LogP contribution in [0.4, 0.5) is 22.9 Å². The Labute approximate surface area is 334 Å². The molecule has 4 heterocycles. The summed E-state index contributed by atoms with van der Waals surface area (Å²) in [4.78, 5) is 14.4. The number of fused-ring (bicyclic) bond motifs is 4. The molecule has 2 aromatic heterocycles. The van der Waals surface area contributed by atoms with Gasteiger partial charge in [0.2, 0.25) is 0 Å². The van der Waals surface area contributed by atoms with E-state index in [1.165, 1.54) is 11.1 Å². The molecule has 7 heteroatoms. The van der Waals surface area contributed by atoms with E-state index in [0.717, 1.165) is 56.9 Å². The Kier molecular flexibility index (Phi) is 9.67. The predicted molar refractivity (Wildman–Crippen MR) is 221 cm³/mol. The third-order valence-electron chi connectivity index (χ3n) is 10.5. The van der Waals surface area contributed by atoms with Gasteiger partial charge in [-0.25, -0.2) is 9.98 Å². The van der Waals surface area contributed by atoms with Gasteiger partial charge in [-0.05, 0) is 75.4 Å². The summed E-state index contributed by atoms with van der Waals surface area (Å²) in [6.45, 7) is 22.5. The number of pyridine rings is 1. The fraction of sp³-hybridized carbons (Fsp3) is 0.298. The topological polar surface area (TPSA) is 45.9 Å². The van der Waals surface area contributed by atoms with Gasteiger partial charge in [-0.1, -0.05) is 98.2 Å².